The van der Waals surface area contributed by atoms with Crippen molar-refractivity contribution in [3.05, 3.63) is 128 Å². The smallest absolute Gasteiger partial charge is 0.870 e. The SMILES string of the molecule is CC(C)N(CC(=O)NCc1cccc(Cl)c1F)C(=O)Cn1nc(C(N)=O)c2cc(C(=O)CO)ccc21.CC(C)N(CC(=O)NCc1cccc(Cl)c1F)C(=O)Cn1nc(C(N)=O)c2cc(C(=O)CO)ccc21.[Na+].[OH-]. The second kappa shape index (κ2) is 27.5. The van der Waals surface area contributed by atoms with Crippen LogP contribution < -0.4 is 51.7 Å². The predicted molar refractivity (Wildman–Crippen MR) is 261 cm³/mol. The van der Waals surface area contributed by atoms with Gasteiger partial charge in [-0.05, 0) is 76.2 Å². The van der Waals surface area contributed by atoms with E-state index in [0.717, 1.165) is 0 Å². The molecule has 0 radical (unpaired) electrons. The van der Waals surface area contributed by atoms with Gasteiger partial charge in [0.1, 0.15) is 37.9 Å². The number of nitrogens with one attached hydrogen (secondary N) is 2. The van der Waals surface area contributed by atoms with Gasteiger partial charge in [0.15, 0.2) is 23.0 Å². The molecular weight excluding hydrogens is 1020 g/mol. The third kappa shape index (κ3) is 15.2. The van der Waals surface area contributed by atoms with Crippen molar-refractivity contribution in [2.45, 2.75) is 66.0 Å². The van der Waals surface area contributed by atoms with Crippen molar-refractivity contribution in [1.29, 1.82) is 0 Å². The Morgan fingerprint density at radius 2 is 0.973 bits per heavy atom. The van der Waals surface area contributed by atoms with Crippen LogP contribution >= 0.6 is 23.2 Å². The number of nitrogens with zero attached hydrogens (tertiary/aromatic N) is 6. The van der Waals surface area contributed by atoms with Crippen molar-refractivity contribution < 1.29 is 92.4 Å². The topological polar surface area (TPSA) is 325 Å². The first-order chi connectivity index (χ1) is 34.1. The minimum absolute atomic E-state index is 0. The van der Waals surface area contributed by atoms with Crippen LogP contribution in [-0.2, 0) is 45.4 Å². The summed E-state index contributed by atoms with van der Waals surface area (Å²) in [6.07, 6.45) is 0. The van der Waals surface area contributed by atoms with Gasteiger partial charge in [-0.25, -0.2) is 8.78 Å². The normalized spacial score (nSPS) is 10.8. The number of hydrogen-bond donors (Lipinski definition) is 6. The van der Waals surface area contributed by atoms with Crippen molar-refractivity contribution in [3.63, 3.8) is 0 Å². The van der Waals surface area contributed by atoms with Crippen molar-refractivity contribution in [3.8, 4) is 0 Å². The van der Waals surface area contributed by atoms with Gasteiger partial charge in [0.05, 0.1) is 34.2 Å². The van der Waals surface area contributed by atoms with Gasteiger partial charge >= 0.3 is 29.6 Å². The van der Waals surface area contributed by atoms with Crippen LogP contribution in [0.2, 0.25) is 10.0 Å². The zero-order valence-electron chi connectivity index (χ0n) is 40.7. The first kappa shape index (κ1) is 61.6. The van der Waals surface area contributed by atoms with Gasteiger partial charge < -0.3 is 47.6 Å². The summed E-state index contributed by atoms with van der Waals surface area (Å²) in [7, 11) is 0. The number of ketones is 2. The van der Waals surface area contributed by atoms with E-state index in [0.29, 0.717) is 11.0 Å². The molecule has 6 amide bonds. The summed E-state index contributed by atoms with van der Waals surface area (Å²) in [6, 6.07) is 16.8. The maximum atomic E-state index is 14.1. The number of aliphatic hydroxyl groups is 2. The minimum Gasteiger partial charge on any atom is -0.870 e. The molecule has 6 aromatic rings. The summed E-state index contributed by atoms with van der Waals surface area (Å²) in [5.41, 5.74) is 12.1. The summed E-state index contributed by atoms with van der Waals surface area (Å²) >= 11 is 11.5. The van der Waals surface area contributed by atoms with Gasteiger partial charge in [0.2, 0.25) is 23.6 Å². The number of hydrogen-bond acceptors (Lipinski definition) is 13. The summed E-state index contributed by atoms with van der Waals surface area (Å²) in [5.74, 6) is -6.02. The van der Waals surface area contributed by atoms with E-state index in [1.165, 1.54) is 79.8 Å². The number of rotatable bonds is 20. The van der Waals surface area contributed by atoms with Crippen molar-refractivity contribution in [2.24, 2.45) is 11.5 Å². The van der Waals surface area contributed by atoms with E-state index in [1.807, 2.05) is 0 Å². The van der Waals surface area contributed by atoms with Crippen LogP contribution in [0.15, 0.2) is 72.8 Å². The van der Waals surface area contributed by atoms with E-state index in [9.17, 15) is 47.1 Å². The maximum absolute atomic E-state index is 14.1. The van der Waals surface area contributed by atoms with Crippen molar-refractivity contribution >= 4 is 92.0 Å². The number of carbonyl (C=O) groups excluding carboxylic acids is 8. The fourth-order valence-electron chi connectivity index (χ4n) is 7.23. The van der Waals surface area contributed by atoms with Crippen LogP contribution in [-0.4, -0.2) is 130 Å². The van der Waals surface area contributed by atoms with Gasteiger partial charge in [0.25, 0.3) is 11.8 Å². The summed E-state index contributed by atoms with van der Waals surface area (Å²) in [6.45, 7) is 4.06. The molecule has 9 N–H and O–H groups in total. The Morgan fingerprint density at radius 1 is 0.622 bits per heavy atom. The number of carbonyl (C=O) groups is 8. The molecule has 0 unspecified atom stereocenters. The molecule has 388 valence electrons. The number of benzene rings is 4. The molecule has 6 rings (SSSR count). The first-order valence-corrected chi connectivity index (χ1v) is 22.7. The van der Waals surface area contributed by atoms with Gasteiger partial charge in [-0.2, -0.15) is 10.2 Å². The number of amides is 6. The molecule has 0 bridgehead atoms. The molecule has 0 aliphatic heterocycles. The Kier molecular flexibility index (Phi) is 22.9. The van der Waals surface area contributed by atoms with Crippen LogP contribution in [0.5, 0.6) is 0 Å². The van der Waals surface area contributed by atoms with E-state index < -0.39 is 71.9 Å². The molecule has 0 aliphatic carbocycles. The summed E-state index contributed by atoms with van der Waals surface area (Å²) in [5, 5.41) is 32.0. The molecule has 0 atom stereocenters. The van der Waals surface area contributed by atoms with E-state index in [4.69, 9.17) is 44.9 Å². The number of nitrogens with two attached hydrogens (primary N) is 2. The fourth-order valence-corrected chi connectivity index (χ4v) is 7.62. The van der Waals surface area contributed by atoms with Crippen LogP contribution in [0.25, 0.3) is 21.8 Å². The largest absolute Gasteiger partial charge is 1.00 e. The Bertz CT molecular complexity index is 2890. The number of primary amides is 2. The molecule has 0 aliphatic rings. The van der Waals surface area contributed by atoms with Crippen molar-refractivity contribution in [2.75, 3.05) is 26.3 Å². The Labute approximate surface area is 453 Å². The van der Waals surface area contributed by atoms with E-state index in [2.05, 4.69) is 20.8 Å². The molecule has 2 aromatic heterocycles. The summed E-state index contributed by atoms with van der Waals surface area (Å²) in [4.78, 5) is 101. The minimum atomic E-state index is -0.854. The summed E-state index contributed by atoms with van der Waals surface area (Å²) < 4.78 is 30.7. The quantitative estimate of drug-likeness (QED) is 0.0439. The Balaban J connectivity index is 0.000000380. The molecule has 21 nitrogen and oxygen atoms in total. The number of aromatic nitrogens is 4. The van der Waals surface area contributed by atoms with E-state index in [1.54, 1.807) is 39.8 Å². The van der Waals surface area contributed by atoms with Gasteiger partial charge in [-0.3, -0.25) is 47.7 Å². The second-order valence-electron chi connectivity index (χ2n) is 16.6. The maximum Gasteiger partial charge on any atom is 1.00 e. The zero-order valence-corrected chi connectivity index (χ0v) is 44.2. The molecule has 0 saturated carbocycles. The van der Waals surface area contributed by atoms with Gasteiger partial charge in [-0.15, -0.1) is 0 Å². The fraction of sp³-hybridized carbons (Fsp3) is 0.292. The average Bonchev–Trinajstić information content (AvgIpc) is 3.90. The molecule has 4 aromatic carbocycles. The van der Waals surface area contributed by atoms with Crippen molar-refractivity contribution in [1.82, 2.24) is 40.0 Å². The van der Waals surface area contributed by atoms with Crippen LogP contribution in [0.4, 0.5) is 8.78 Å². The van der Waals surface area contributed by atoms with Crippen LogP contribution in [0.3, 0.4) is 0 Å². The third-order valence-corrected chi connectivity index (χ3v) is 11.6. The first-order valence-electron chi connectivity index (χ1n) is 21.9. The number of aliphatic hydroxyl groups excluding tert-OH is 2. The van der Waals surface area contributed by atoms with E-state index >= 15 is 0 Å². The Morgan fingerprint density at radius 3 is 1.28 bits per heavy atom. The predicted octanol–water partition coefficient (Wildman–Crippen LogP) is 0.139. The third-order valence-electron chi connectivity index (χ3n) is 11.0. The van der Waals surface area contributed by atoms with Crippen LogP contribution in [0.1, 0.15) is 80.5 Å². The standard InChI is InChI=1S/2C24H25ClFN5O5.Na.H2O/c2*1-13(2)30(10-20(34)28-9-15-4-3-5-17(25)22(15)26)21(35)11-31-18-7-6-14(19(33)12-32)8-16(18)23(29-31)24(27)36;;/h2*3-8,13,32H,9-12H2,1-2H3,(H2,27,36)(H,28,34);;1H2/q;;+1;/p-1. The molecule has 2 heterocycles. The average molecular weight is 1080 g/mol. The van der Waals surface area contributed by atoms with Gasteiger partial charge in [-0.1, -0.05) is 47.5 Å². The zero-order chi connectivity index (χ0) is 53.1. The Hall–Kier alpha value is -6.70. The monoisotopic (exact) mass is 1070 g/mol. The van der Waals surface area contributed by atoms with Crippen LogP contribution in [0, 0.1) is 11.6 Å². The molecular formula is C48H51Cl2F2N10NaO11. The molecule has 0 saturated heterocycles. The number of Topliss-reactive ketones (excluding diaryl/α,β-unsaturated/α-hetero) is 2. The molecule has 0 fully saturated rings. The van der Waals surface area contributed by atoms with Gasteiger partial charge in [0, 0.05) is 58.2 Å². The number of fused-ring (bicyclic) bond motifs is 2. The molecule has 0 spiro atoms. The van der Waals surface area contributed by atoms with E-state index in [-0.39, 0.29) is 141 Å². The second-order valence-corrected chi connectivity index (χ2v) is 17.4. The number of halogens is 4. The molecule has 26 heteroatoms. The molecule has 74 heavy (non-hydrogen) atoms.